The van der Waals surface area contributed by atoms with Crippen LogP contribution in [0.2, 0.25) is 5.02 Å². The number of fused-ring (bicyclic) bond motifs is 1. The lowest BCUT2D eigenvalue weighted by Crippen LogP contribution is -2.40. The van der Waals surface area contributed by atoms with Gasteiger partial charge in [0.25, 0.3) is 0 Å². The van der Waals surface area contributed by atoms with Gasteiger partial charge in [-0.3, -0.25) is 4.99 Å². The molecule has 0 aliphatic carbocycles. The van der Waals surface area contributed by atoms with Crippen molar-refractivity contribution in [3.8, 4) is 11.5 Å². The van der Waals surface area contributed by atoms with E-state index in [1.54, 1.807) is 7.05 Å². The van der Waals surface area contributed by atoms with E-state index in [1.807, 2.05) is 12.1 Å². The fraction of sp³-hybridized carbons (Fsp3) is 0.588. The number of ether oxygens (including phenoxy) is 3. The summed E-state index contributed by atoms with van der Waals surface area (Å²) in [6.07, 6.45) is 2.20. The highest BCUT2D eigenvalue weighted by Crippen LogP contribution is 2.38. The molecule has 1 fully saturated rings. The van der Waals surface area contributed by atoms with E-state index in [2.05, 4.69) is 15.6 Å². The molecule has 140 valence electrons. The molecule has 1 saturated heterocycles. The van der Waals surface area contributed by atoms with Crippen molar-refractivity contribution in [2.75, 3.05) is 40.0 Å². The maximum Gasteiger partial charge on any atom is 0.191 e. The Morgan fingerprint density at radius 2 is 1.92 bits per heavy atom. The molecule has 25 heavy (non-hydrogen) atoms. The Kier molecular flexibility index (Phi) is 8.38. The summed E-state index contributed by atoms with van der Waals surface area (Å²) in [4.78, 5) is 4.27. The molecule has 2 aliphatic heterocycles. The van der Waals surface area contributed by atoms with Crippen molar-refractivity contribution in [1.82, 2.24) is 10.6 Å². The Bertz CT molecular complexity index is 595. The summed E-state index contributed by atoms with van der Waals surface area (Å²) in [5.41, 5.74) is 1.03. The van der Waals surface area contributed by atoms with Gasteiger partial charge in [0.2, 0.25) is 0 Å². The maximum absolute atomic E-state index is 6.27. The lowest BCUT2D eigenvalue weighted by Gasteiger charge is -2.23. The molecule has 0 atom stereocenters. The van der Waals surface area contributed by atoms with Gasteiger partial charge in [-0.05, 0) is 36.5 Å². The number of benzene rings is 1. The zero-order valence-electron chi connectivity index (χ0n) is 14.3. The van der Waals surface area contributed by atoms with E-state index >= 15 is 0 Å². The number of halogens is 2. The minimum Gasteiger partial charge on any atom is -0.486 e. The first-order valence-corrected chi connectivity index (χ1v) is 8.74. The van der Waals surface area contributed by atoms with E-state index in [0.29, 0.717) is 42.2 Å². The van der Waals surface area contributed by atoms with Gasteiger partial charge in [-0.1, -0.05) is 11.6 Å². The predicted octanol–water partition coefficient (Wildman–Crippen LogP) is 2.82. The summed E-state index contributed by atoms with van der Waals surface area (Å²) < 4.78 is 16.5. The van der Waals surface area contributed by atoms with Gasteiger partial charge in [-0.25, -0.2) is 0 Å². The highest BCUT2D eigenvalue weighted by Gasteiger charge is 2.17. The molecule has 0 bridgehead atoms. The second-order valence-corrected chi connectivity index (χ2v) is 6.37. The first-order chi connectivity index (χ1) is 11.8. The minimum atomic E-state index is 0. The number of nitrogens with zero attached hydrogens (tertiary/aromatic N) is 1. The summed E-state index contributed by atoms with van der Waals surface area (Å²) in [5.74, 6) is 2.76. The van der Waals surface area contributed by atoms with Crippen molar-refractivity contribution in [3.05, 3.63) is 22.7 Å². The van der Waals surface area contributed by atoms with E-state index in [4.69, 9.17) is 25.8 Å². The molecular formula is C17H25ClIN3O3. The Labute approximate surface area is 170 Å². The molecule has 1 aromatic carbocycles. The van der Waals surface area contributed by atoms with E-state index in [-0.39, 0.29) is 24.0 Å². The summed E-state index contributed by atoms with van der Waals surface area (Å²) >= 11 is 6.27. The smallest absolute Gasteiger partial charge is 0.191 e. The lowest BCUT2D eigenvalue weighted by molar-refractivity contribution is 0.0675. The normalized spacial score (nSPS) is 17.6. The molecule has 2 aliphatic rings. The number of guanidine groups is 1. The minimum absolute atomic E-state index is 0. The molecule has 0 spiro atoms. The standard InChI is InChI=1S/C17H24ClN3O3.HI/c1-19-17(20-10-12-2-4-22-5-3-12)21-11-13-8-14(18)16-15(9-13)23-6-7-24-16;/h8-9,12H,2-7,10-11H2,1H3,(H2,19,20,21);1H. The second-order valence-electron chi connectivity index (χ2n) is 5.96. The Balaban J connectivity index is 0.00000225. The van der Waals surface area contributed by atoms with E-state index in [1.165, 1.54) is 0 Å². The second kappa shape index (κ2) is 10.3. The molecular weight excluding hydrogens is 457 g/mol. The lowest BCUT2D eigenvalue weighted by atomic mass is 10.0. The fourth-order valence-electron chi connectivity index (χ4n) is 2.86. The molecule has 3 rings (SSSR count). The topological polar surface area (TPSA) is 64.1 Å². The Morgan fingerprint density at radius 1 is 1.16 bits per heavy atom. The molecule has 6 nitrogen and oxygen atoms in total. The number of rotatable bonds is 4. The largest absolute Gasteiger partial charge is 0.486 e. The van der Waals surface area contributed by atoms with Crippen LogP contribution in [0.5, 0.6) is 11.5 Å². The maximum atomic E-state index is 6.27. The number of hydrogen-bond donors (Lipinski definition) is 2. The first kappa shape index (κ1) is 20.4. The van der Waals surface area contributed by atoms with Crippen LogP contribution in [0.15, 0.2) is 17.1 Å². The summed E-state index contributed by atoms with van der Waals surface area (Å²) in [7, 11) is 1.77. The van der Waals surface area contributed by atoms with Gasteiger partial charge in [0.1, 0.15) is 13.2 Å². The molecule has 8 heteroatoms. The zero-order valence-corrected chi connectivity index (χ0v) is 17.4. The van der Waals surface area contributed by atoms with Crippen molar-refractivity contribution in [1.29, 1.82) is 0 Å². The van der Waals surface area contributed by atoms with Crippen LogP contribution in [-0.4, -0.2) is 46.0 Å². The molecule has 0 aromatic heterocycles. The van der Waals surface area contributed by atoms with Crippen molar-refractivity contribution in [3.63, 3.8) is 0 Å². The monoisotopic (exact) mass is 481 g/mol. The predicted molar refractivity (Wildman–Crippen MR) is 110 cm³/mol. The Morgan fingerprint density at radius 3 is 2.68 bits per heavy atom. The zero-order chi connectivity index (χ0) is 16.8. The van der Waals surface area contributed by atoms with Crippen LogP contribution in [0.3, 0.4) is 0 Å². The van der Waals surface area contributed by atoms with Gasteiger partial charge in [0.05, 0.1) is 5.02 Å². The number of nitrogens with one attached hydrogen (secondary N) is 2. The van der Waals surface area contributed by atoms with Crippen LogP contribution in [0.4, 0.5) is 0 Å². The third-order valence-electron chi connectivity index (χ3n) is 4.24. The first-order valence-electron chi connectivity index (χ1n) is 8.36. The highest BCUT2D eigenvalue weighted by atomic mass is 127. The van der Waals surface area contributed by atoms with Crippen molar-refractivity contribution in [2.45, 2.75) is 19.4 Å². The van der Waals surface area contributed by atoms with E-state index in [9.17, 15) is 0 Å². The van der Waals surface area contributed by atoms with E-state index < -0.39 is 0 Å². The van der Waals surface area contributed by atoms with Crippen molar-refractivity contribution in [2.24, 2.45) is 10.9 Å². The van der Waals surface area contributed by atoms with Crippen LogP contribution >= 0.6 is 35.6 Å². The fourth-order valence-corrected chi connectivity index (χ4v) is 3.15. The number of aliphatic imine (C=N–C) groups is 1. The summed E-state index contributed by atoms with van der Waals surface area (Å²) in [5, 5.41) is 7.27. The molecule has 0 unspecified atom stereocenters. The Hall–Kier alpha value is -0.930. The summed E-state index contributed by atoms with van der Waals surface area (Å²) in [6.45, 7) is 4.32. The molecule has 2 heterocycles. The van der Waals surface area contributed by atoms with E-state index in [0.717, 1.165) is 44.1 Å². The highest BCUT2D eigenvalue weighted by molar-refractivity contribution is 14.0. The van der Waals surface area contributed by atoms with Gasteiger partial charge in [-0.2, -0.15) is 0 Å². The van der Waals surface area contributed by atoms with Gasteiger partial charge in [-0.15, -0.1) is 24.0 Å². The van der Waals surface area contributed by atoms with Gasteiger partial charge >= 0.3 is 0 Å². The molecule has 1 aromatic rings. The average molecular weight is 482 g/mol. The average Bonchev–Trinajstić information content (AvgIpc) is 2.63. The van der Waals surface area contributed by atoms with Gasteiger partial charge < -0.3 is 24.8 Å². The van der Waals surface area contributed by atoms with Crippen molar-refractivity contribution >= 4 is 41.5 Å². The van der Waals surface area contributed by atoms with Gasteiger partial charge in [0.15, 0.2) is 17.5 Å². The molecule has 0 amide bonds. The molecule has 0 saturated carbocycles. The SMILES string of the molecule is CN=C(NCc1cc(Cl)c2c(c1)OCCO2)NCC1CCOCC1.I. The van der Waals surface area contributed by atoms with Crippen LogP contribution < -0.4 is 20.1 Å². The van der Waals surface area contributed by atoms with Crippen LogP contribution in [0, 0.1) is 5.92 Å². The quantitative estimate of drug-likeness (QED) is 0.393. The number of hydrogen-bond acceptors (Lipinski definition) is 4. The third-order valence-corrected chi connectivity index (χ3v) is 4.52. The van der Waals surface area contributed by atoms with Crippen LogP contribution in [-0.2, 0) is 11.3 Å². The van der Waals surface area contributed by atoms with Crippen molar-refractivity contribution < 1.29 is 14.2 Å². The third kappa shape index (κ3) is 5.79. The molecule has 2 N–H and O–H groups in total. The molecule has 0 radical (unpaired) electrons. The summed E-state index contributed by atoms with van der Waals surface area (Å²) in [6, 6.07) is 3.85. The van der Waals surface area contributed by atoms with Crippen LogP contribution in [0.1, 0.15) is 18.4 Å². The van der Waals surface area contributed by atoms with Gasteiger partial charge in [0, 0.05) is 33.4 Å². The van der Waals surface area contributed by atoms with Crippen LogP contribution in [0.25, 0.3) is 0 Å².